The summed E-state index contributed by atoms with van der Waals surface area (Å²) in [5.41, 5.74) is 2.16. The second-order valence-corrected chi connectivity index (χ2v) is 5.92. The number of hydrogen-bond acceptors (Lipinski definition) is 4. The van der Waals surface area contributed by atoms with E-state index in [-0.39, 0.29) is 12.5 Å². The average Bonchev–Trinajstić information content (AvgIpc) is 2.56. The van der Waals surface area contributed by atoms with Crippen LogP contribution in [0.15, 0.2) is 40.9 Å². The molecular weight excluding hydrogens is 372 g/mol. The van der Waals surface area contributed by atoms with Crippen molar-refractivity contribution in [1.82, 2.24) is 0 Å². The third-order valence-corrected chi connectivity index (χ3v) is 3.69. The Morgan fingerprint density at radius 2 is 2.00 bits per heavy atom. The highest BCUT2D eigenvalue weighted by atomic mass is 79.9. The minimum absolute atomic E-state index is 0.151. The molecule has 0 fully saturated rings. The lowest BCUT2D eigenvalue weighted by Crippen LogP contribution is -2.20. The fourth-order valence-corrected chi connectivity index (χ4v) is 2.54. The molecule has 0 aromatic heterocycles. The molecule has 0 aliphatic rings. The number of nitrogens with zero attached hydrogens (tertiary/aromatic N) is 1. The van der Waals surface area contributed by atoms with E-state index in [0.717, 1.165) is 15.7 Å². The van der Waals surface area contributed by atoms with Gasteiger partial charge in [0.25, 0.3) is 5.91 Å². The standard InChI is InChI=1S/C18H17BrN2O3/c1-3-23-17-9-13(10-20)4-7-16(17)24-11-18(22)21-15-6-5-14(19)8-12(15)2/h4-9H,3,11H2,1-2H3,(H,21,22). The van der Waals surface area contributed by atoms with Gasteiger partial charge < -0.3 is 14.8 Å². The fraction of sp³-hybridized carbons (Fsp3) is 0.222. The lowest BCUT2D eigenvalue weighted by molar-refractivity contribution is -0.118. The third kappa shape index (κ3) is 4.74. The largest absolute Gasteiger partial charge is 0.490 e. The van der Waals surface area contributed by atoms with Crippen LogP contribution in [0.25, 0.3) is 0 Å². The molecule has 2 aromatic carbocycles. The number of aryl methyl sites for hydroxylation is 1. The SMILES string of the molecule is CCOc1cc(C#N)ccc1OCC(=O)Nc1ccc(Br)cc1C. The highest BCUT2D eigenvalue weighted by Gasteiger charge is 2.10. The first kappa shape index (κ1) is 17.8. The molecule has 0 aliphatic carbocycles. The van der Waals surface area contributed by atoms with Crippen LogP contribution in [-0.2, 0) is 4.79 Å². The molecule has 5 nitrogen and oxygen atoms in total. The van der Waals surface area contributed by atoms with E-state index in [1.165, 1.54) is 0 Å². The zero-order valence-corrected chi connectivity index (χ0v) is 15.0. The molecule has 0 spiro atoms. The van der Waals surface area contributed by atoms with Crippen LogP contribution >= 0.6 is 15.9 Å². The molecule has 0 saturated heterocycles. The van der Waals surface area contributed by atoms with Crippen LogP contribution in [0.2, 0.25) is 0 Å². The molecule has 1 amide bonds. The van der Waals surface area contributed by atoms with Crippen molar-refractivity contribution in [3.8, 4) is 17.6 Å². The lowest BCUT2D eigenvalue weighted by atomic mass is 10.2. The van der Waals surface area contributed by atoms with E-state index in [1.54, 1.807) is 18.2 Å². The summed E-state index contributed by atoms with van der Waals surface area (Å²) in [6.45, 7) is 4.04. The topological polar surface area (TPSA) is 71.3 Å². The number of amides is 1. The summed E-state index contributed by atoms with van der Waals surface area (Å²) in [6, 6.07) is 12.5. The summed E-state index contributed by atoms with van der Waals surface area (Å²) in [5, 5.41) is 11.7. The van der Waals surface area contributed by atoms with Crippen molar-refractivity contribution >= 4 is 27.5 Å². The van der Waals surface area contributed by atoms with Crippen LogP contribution in [0.1, 0.15) is 18.1 Å². The smallest absolute Gasteiger partial charge is 0.262 e. The van der Waals surface area contributed by atoms with E-state index in [1.807, 2.05) is 38.1 Å². The summed E-state index contributed by atoms with van der Waals surface area (Å²) >= 11 is 3.38. The zero-order valence-electron chi connectivity index (χ0n) is 13.4. The quantitative estimate of drug-likeness (QED) is 0.809. The van der Waals surface area contributed by atoms with Crippen LogP contribution in [0.5, 0.6) is 11.5 Å². The molecule has 6 heteroatoms. The second-order valence-electron chi connectivity index (χ2n) is 5.00. The Morgan fingerprint density at radius 1 is 1.21 bits per heavy atom. The van der Waals surface area contributed by atoms with Crippen LogP contribution in [0.4, 0.5) is 5.69 Å². The third-order valence-electron chi connectivity index (χ3n) is 3.19. The van der Waals surface area contributed by atoms with Crippen LogP contribution < -0.4 is 14.8 Å². The van der Waals surface area contributed by atoms with E-state index >= 15 is 0 Å². The highest BCUT2D eigenvalue weighted by molar-refractivity contribution is 9.10. The van der Waals surface area contributed by atoms with Gasteiger partial charge in [0.15, 0.2) is 18.1 Å². The Kier molecular flexibility index (Phi) is 6.21. The van der Waals surface area contributed by atoms with Gasteiger partial charge in [0.2, 0.25) is 0 Å². The number of hydrogen-bond donors (Lipinski definition) is 1. The van der Waals surface area contributed by atoms with Crippen molar-refractivity contribution in [3.63, 3.8) is 0 Å². The molecule has 24 heavy (non-hydrogen) atoms. The zero-order chi connectivity index (χ0) is 17.5. The maximum Gasteiger partial charge on any atom is 0.262 e. The maximum absolute atomic E-state index is 12.1. The van der Waals surface area contributed by atoms with Crippen molar-refractivity contribution in [1.29, 1.82) is 5.26 Å². The molecule has 0 radical (unpaired) electrons. The Balaban J connectivity index is 2.02. The molecule has 0 saturated carbocycles. The number of halogens is 1. The molecule has 2 aromatic rings. The Hall–Kier alpha value is -2.52. The molecule has 0 aliphatic heterocycles. The average molecular weight is 389 g/mol. The maximum atomic E-state index is 12.1. The Bertz CT molecular complexity index is 784. The first-order valence-corrected chi connectivity index (χ1v) is 8.18. The van der Waals surface area contributed by atoms with Gasteiger partial charge in [-0.1, -0.05) is 15.9 Å². The first-order valence-electron chi connectivity index (χ1n) is 7.39. The molecule has 0 heterocycles. The summed E-state index contributed by atoms with van der Waals surface area (Å²) < 4.78 is 11.9. The lowest BCUT2D eigenvalue weighted by Gasteiger charge is -2.13. The molecular formula is C18H17BrN2O3. The van der Waals surface area contributed by atoms with Gasteiger partial charge in [-0.2, -0.15) is 5.26 Å². The van der Waals surface area contributed by atoms with Gasteiger partial charge in [-0.25, -0.2) is 0 Å². The molecule has 0 atom stereocenters. The van der Waals surface area contributed by atoms with E-state index in [9.17, 15) is 4.79 Å². The summed E-state index contributed by atoms with van der Waals surface area (Å²) in [7, 11) is 0. The predicted molar refractivity (Wildman–Crippen MR) is 95.3 cm³/mol. The van der Waals surface area contributed by atoms with Gasteiger partial charge in [-0.05, 0) is 49.7 Å². The van der Waals surface area contributed by atoms with Crippen LogP contribution in [0, 0.1) is 18.3 Å². The fourth-order valence-electron chi connectivity index (χ4n) is 2.06. The van der Waals surface area contributed by atoms with Crippen molar-refractivity contribution in [2.45, 2.75) is 13.8 Å². The normalized spacial score (nSPS) is 9.92. The number of benzene rings is 2. The van der Waals surface area contributed by atoms with E-state index in [2.05, 4.69) is 21.2 Å². The molecule has 1 N–H and O–H groups in total. The molecule has 0 unspecified atom stereocenters. The number of ether oxygens (including phenoxy) is 2. The van der Waals surface area contributed by atoms with Crippen molar-refractivity contribution < 1.29 is 14.3 Å². The number of anilines is 1. The Morgan fingerprint density at radius 3 is 2.67 bits per heavy atom. The van der Waals surface area contributed by atoms with Crippen LogP contribution in [-0.4, -0.2) is 19.1 Å². The van der Waals surface area contributed by atoms with Crippen molar-refractivity contribution in [2.24, 2.45) is 0 Å². The number of nitrogens with one attached hydrogen (secondary N) is 1. The highest BCUT2D eigenvalue weighted by Crippen LogP contribution is 2.28. The van der Waals surface area contributed by atoms with Gasteiger partial charge in [0.1, 0.15) is 0 Å². The minimum atomic E-state index is -0.271. The van der Waals surface area contributed by atoms with Crippen LogP contribution in [0.3, 0.4) is 0 Å². The van der Waals surface area contributed by atoms with E-state index < -0.39 is 0 Å². The van der Waals surface area contributed by atoms with Gasteiger partial charge in [-0.15, -0.1) is 0 Å². The van der Waals surface area contributed by atoms with E-state index in [0.29, 0.717) is 23.7 Å². The number of carbonyl (C=O) groups excluding carboxylic acids is 1. The molecule has 0 bridgehead atoms. The number of rotatable bonds is 6. The number of nitriles is 1. The molecule has 124 valence electrons. The predicted octanol–water partition coefficient (Wildman–Crippen LogP) is 4.05. The van der Waals surface area contributed by atoms with Gasteiger partial charge in [-0.3, -0.25) is 4.79 Å². The van der Waals surface area contributed by atoms with Gasteiger partial charge >= 0.3 is 0 Å². The van der Waals surface area contributed by atoms with Crippen molar-refractivity contribution in [2.75, 3.05) is 18.5 Å². The van der Waals surface area contributed by atoms with Gasteiger partial charge in [0.05, 0.1) is 18.2 Å². The number of carbonyl (C=O) groups is 1. The minimum Gasteiger partial charge on any atom is -0.490 e. The monoisotopic (exact) mass is 388 g/mol. The second kappa shape index (κ2) is 8.37. The summed E-state index contributed by atoms with van der Waals surface area (Å²) in [4.78, 5) is 12.1. The van der Waals surface area contributed by atoms with Gasteiger partial charge in [0, 0.05) is 16.2 Å². The summed E-state index contributed by atoms with van der Waals surface area (Å²) in [5.74, 6) is 0.606. The first-order chi connectivity index (χ1) is 11.5. The van der Waals surface area contributed by atoms with E-state index in [4.69, 9.17) is 14.7 Å². The summed E-state index contributed by atoms with van der Waals surface area (Å²) in [6.07, 6.45) is 0. The Labute approximate surface area is 149 Å². The van der Waals surface area contributed by atoms with Crippen molar-refractivity contribution in [3.05, 3.63) is 52.0 Å². The molecule has 2 rings (SSSR count).